The van der Waals surface area contributed by atoms with Crippen molar-refractivity contribution in [2.75, 3.05) is 6.54 Å². The molecule has 21 heavy (non-hydrogen) atoms. The molecule has 1 aliphatic rings. The number of aromatic nitrogens is 1. The van der Waals surface area contributed by atoms with E-state index in [1.165, 1.54) is 29.8 Å². The van der Waals surface area contributed by atoms with Gasteiger partial charge in [-0.3, -0.25) is 4.90 Å². The van der Waals surface area contributed by atoms with Gasteiger partial charge in [-0.1, -0.05) is 36.0 Å². The van der Waals surface area contributed by atoms with Crippen LogP contribution in [0.15, 0.2) is 58.6 Å². The van der Waals surface area contributed by atoms with E-state index >= 15 is 0 Å². The van der Waals surface area contributed by atoms with Gasteiger partial charge in [-0.05, 0) is 57.0 Å². The lowest BCUT2D eigenvalue weighted by Gasteiger charge is -2.28. The van der Waals surface area contributed by atoms with E-state index in [0.29, 0.717) is 12.1 Å². The molecule has 0 aliphatic carbocycles. The number of benzene rings is 1. The lowest BCUT2D eigenvalue weighted by Crippen LogP contribution is -2.30. The van der Waals surface area contributed by atoms with Crippen molar-refractivity contribution >= 4 is 11.8 Å². The minimum absolute atomic E-state index is 0.549. The highest BCUT2D eigenvalue weighted by molar-refractivity contribution is 7.99. The second-order valence-electron chi connectivity index (χ2n) is 5.83. The van der Waals surface area contributed by atoms with Gasteiger partial charge < -0.3 is 0 Å². The van der Waals surface area contributed by atoms with Gasteiger partial charge in [-0.25, -0.2) is 4.98 Å². The molecule has 1 saturated heterocycles. The summed E-state index contributed by atoms with van der Waals surface area (Å²) in [6, 6.07) is 16.0. The quantitative estimate of drug-likeness (QED) is 0.808. The van der Waals surface area contributed by atoms with E-state index in [1.54, 1.807) is 11.8 Å². The molecular weight excluding hydrogens is 276 g/mol. The van der Waals surface area contributed by atoms with Crippen LogP contribution in [0.25, 0.3) is 0 Å². The van der Waals surface area contributed by atoms with Gasteiger partial charge in [0.05, 0.1) is 0 Å². The Morgan fingerprint density at radius 1 is 1.14 bits per heavy atom. The number of nitrogens with zero attached hydrogens (tertiary/aromatic N) is 2. The van der Waals surface area contributed by atoms with Crippen molar-refractivity contribution in [1.29, 1.82) is 0 Å². The zero-order valence-corrected chi connectivity index (χ0v) is 13.5. The van der Waals surface area contributed by atoms with Crippen LogP contribution in [0.3, 0.4) is 0 Å². The molecule has 0 amide bonds. The maximum Gasteiger partial charge on any atom is 0.101 e. The van der Waals surface area contributed by atoms with Crippen LogP contribution >= 0.6 is 11.8 Å². The Kier molecular flexibility index (Phi) is 4.61. The Hall–Kier alpha value is -1.32. The monoisotopic (exact) mass is 298 g/mol. The van der Waals surface area contributed by atoms with Crippen molar-refractivity contribution in [3.8, 4) is 0 Å². The summed E-state index contributed by atoms with van der Waals surface area (Å²) in [6.45, 7) is 5.78. The summed E-state index contributed by atoms with van der Waals surface area (Å²) in [5.74, 6) is 0. The number of rotatable bonds is 4. The number of likely N-dealkylation sites (tertiary alicyclic amines) is 1. The zero-order valence-electron chi connectivity index (χ0n) is 12.7. The Balaban J connectivity index is 1.72. The Morgan fingerprint density at radius 3 is 2.62 bits per heavy atom. The highest BCUT2D eigenvalue weighted by Crippen LogP contribution is 2.34. The van der Waals surface area contributed by atoms with Gasteiger partial charge in [-0.2, -0.15) is 0 Å². The third kappa shape index (κ3) is 3.47. The van der Waals surface area contributed by atoms with Crippen molar-refractivity contribution in [1.82, 2.24) is 9.88 Å². The number of pyridine rings is 1. The molecule has 2 nitrogen and oxygen atoms in total. The molecule has 2 heterocycles. The molecule has 1 fully saturated rings. The average molecular weight is 298 g/mol. The minimum atomic E-state index is 0.549. The van der Waals surface area contributed by atoms with Crippen molar-refractivity contribution in [2.45, 2.75) is 48.7 Å². The van der Waals surface area contributed by atoms with E-state index in [9.17, 15) is 0 Å². The van der Waals surface area contributed by atoms with E-state index in [2.05, 4.69) is 66.3 Å². The largest absolute Gasteiger partial charge is 0.294 e. The molecule has 0 N–H and O–H groups in total. The molecule has 0 radical (unpaired) electrons. The predicted octanol–water partition coefficient (Wildman–Crippen LogP) is 4.78. The predicted molar refractivity (Wildman–Crippen MR) is 88.6 cm³/mol. The fraction of sp³-hybridized carbons (Fsp3) is 0.389. The van der Waals surface area contributed by atoms with E-state index in [4.69, 9.17) is 0 Å². The SMILES string of the molecule is CC(C)N1CCCC1c1ccc(Sc2ccccc2)nc1. The smallest absolute Gasteiger partial charge is 0.101 e. The van der Waals surface area contributed by atoms with E-state index in [-0.39, 0.29) is 0 Å². The summed E-state index contributed by atoms with van der Waals surface area (Å²) >= 11 is 1.72. The first-order valence-corrected chi connectivity index (χ1v) is 8.50. The topological polar surface area (TPSA) is 16.1 Å². The first-order chi connectivity index (χ1) is 10.2. The molecule has 2 aromatic rings. The first kappa shape index (κ1) is 14.6. The molecule has 1 unspecified atom stereocenters. The van der Waals surface area contributed by atoms with Crippen LogP contribution < -0.4 is 0 Å². The molecule has 110 valence electrons. The van der Waals surface area contributed by atoms with Gasteiger partial charge in [0.2, 0.25) is 0 Å². The third-order valence-corrected chi connectivity index (χ3v) is 5.03. The molecule has 3 heteroatoms. The van der Waals surface area contributed by atoms with E-state index in [1.807, 2.05) is 6.07 Å². The minimum Gasteiger partial charge on any atom is -0.294 e. The van der Waals surface area contributed by atoms with Gasteiger partial charge in [-0.15, -0.1) is 0 Å². The second-order valence-corrected chi connectivity index (χ2v) is 6.93. The van der Waals surface area contributed by atoms with Crippen molar-refractivity contribution < 1.29 is 0 Å². The first-order valence-electron chi connectivity index (χ1n) is 7.68. The lowest BCUT2D eigenvalue weighted by atomic mass is 10.1. The summed E-state index contributed by atoms with van der Waals surface area (Å²) in [6.07, 6.45) is 4.62. The van der Waals surface area contributed by atoms with Gasteiger partial charge in [0.1, 0.15) is 5.03 Å². The van der Waals surface area contributed by atoms with Crippen LogP contribution in [0.4, 0.5) is 0 Å². The van der Waals surface area contributed by atoms with Gasteiger partial charge in [0.15, 0.2) is 0 Å². The normalized spacial score (nSPS) is 19.3. The third-order valence-electron chi connectivity index (χ3n) is 4.07. The molecule has 0 bridgehead atoms. The van der Waals surface area contributed by atoms with E-state index < -0.39 is 0 Å². The van der Waals surface area contributed by atoms with Gasteiger partial charge >= 0.3 is 0 Å². The Morgan fingerprint density at radius 2 is 1.95 bits per heavy atom. The van der Waals surface area contributed by atoms with Crippen molar-refractivity contribution in [3.63, 3.8) is 0 Å². The lowest BCUT2D eigenvalue weighted by molar-refractivity contribution is 0.205. The highest BCUT2D eigenvalue weighted by Gasteiger charge is 2.27. The van der Waals surface area contributed by atoms with Gasteiger partial charge in [0.25, 0.3) is 0 Å². The zero-order chi connectivity index (χ0) is 14.7. The van der Waals surface area contributed by atoms with Gasteiger partial charge in [0, 0.05) is 23.2 Å². The number of hydrogen-bond donors (Lipinski definition) is 0. The van der Waals surface area contributed by atoms with Crippen molar-refractivity contribution in [3.05, 3.63) is 54.2 Å². The Bertz CT molecular complexity index is 566. The molecular formula is C18H22N2S. The summed E-state index contributed by atoms with van der Waals surface area (Å²) in [7, 11) is 0. The van der Waals surface area contributed by atoms with E-state index in [0.717, 1.165) is 5.03 Å². The fourth-order valence-corrected chi connectivity index (χ4v) is 3.80. The number of hydrogen-bond acceptors (Lipinski definition) is 3. The van der Waals surface area contributed by atoms with Crippen LogP contribution in [0.2, 0.25) is 0 Å². The fourth-order valence-electron chi connectivity index (χ4n) is 3.02. The molecule has 1 aliphatic heterocycles. The van der Waals surface area contributed by atoms with Crippen molar-refractivity contribution in [2.24, 2.45) is 0 Å². The van der Waals surface area contributed by atoms with Crippen LogP contribution in [0.1, 0.15) is 38.3 Å². The molecule has 0 spiro atoms. The summed E-state index contributed by atoms with van der Waals surface area (Å²) in [4.78, 5) is 8.47. The highest BCUT2D eigenvalue weighted by atomic mass is 32.2. The molecule has 3 rings (SSSR count). The van der Waals surface area contributed by atoms with Crippen LogP contribution in [0.5, 0.6) is 0 Å². The Labute approximate surface area is 131 Å². The molecule has 1 atom stereocenters. The standard InChI is InChI=1S/C18H22N2S/c1-14(2)20-12-6-9-17(20)15-10-11-18(19-13-15)21-16-7-4-3-5-8-16/h3-5,7-8,10-11,13-14,17H,6,9,12H2,1-2H3. The van der Waals surface area contributed by atoms with Crippen LogP contribution in [-0.4, -0.2) is 22.5 Å². The summed E-state index contributed by atoms with van der Waals surface area (Å²) < 4.78 is 0. The molecule has 1 aromatic carbocycles. The van der Waals surface area contributed by atoms with Crippen LogP contribution in [0, 0.1) is 0 Å². The summed E-state index contributed by atoms with van der Waals surface area (Å²) in [5.41, 5.74) is 1.36. The molecule has 1 aromatic heterocycles. The van der Waals surface area contributed by atoms with Crippen LogP contribution in [-0.2, 0) is 0 Å². The maximum absolute atomic E-state index is 4.65. The molecule has 0 saturated carbocycles. The average Bonchev–Trinajstić information content (AvgIpc) is 2.99. The maximum atomic E-state index is 4.65. The summed E-state index contributed by atoms with van der Waals surface area (Å²) in [5, 5.41) is 1.07. The second kappa shape index (κ2) is 6.63.